The topological polar surface area (TPSA) is 145 Å². The molecule has 0 amide bonds. The van der Waals surface area contributed by atoms with Gasteiger partial charge in [0, 0.05) is 17.7 Å². The third-order valence-corrected chi connectivity index (χ3v) is 6.39. The molecule has 0 fully saturated rings. The van der Waals surface area contributed by atoms with Crippen molar-refractivity contribution in [3.8, 4) is 34.3 Å². The SMILES string of the molecule is O=c1c(OCc2ccccc2)c(-c2ccc(OCOP(=O)(O)O)cc2)oc2cc(OCc3ccccc3)cc(O)c12. The van der Waals surface area contributed by atoms with E-state index in [0.29, 0.717) is 11.3 Å². The van der Waals surface area contributed by atoms with Crippen LogP contribution in [0.3, 0.4) is 0 Å². The van der Waals surface area contributed by atoms with Gasteiger partial charge in [0.25, 0.3) is 0 Å². The summed E-state index contributed by atoms with van der Waals surface area (Å²) in [7, 11) is -4.68. The van der Waals surface area contributed by atoms with E-state index in [-0.39, 0.29) is 47.2 Å². The molecule has 0 saturated heterocycles. The highest BCUT2D eigenvalue weighted by Gasteiger charge is 2.22. The Hall–Kier alpha value is -4.60. The van der Waals surface area contributed by atoms with Crippen molar-refractivity contribution in [2.45, 2.75) is 13.2 Å². The van der Waals surface area contributed by atoms with Gasteiger partial charge in [-0.05, 0) is 35.4 Å². The van der Waals surface area contributed by atoms with Crippen molar-refractivity contribution in [3.63, 3.8) is 0 Å². The van der Waals surface area contributed by atoms with Crippen LogP contribution in [-0.4, -0.2) is 21.7 Å². The zero-order valence-electron chi connectivity index (χ0n) is 21.5. The van der Waals surface area contributed by atoms with E-state index >= 15 is 0 Å². The van der Waals surface area contributed by atoms with Crippen molar-refractivity contribution >= 4 is 18.8 Å². The van der Waals surface area contributed by atoms with E-state index in [4.69, 9.17) is 28.4 Å². The predicted molar refractivity (Wildman–Crippen MR) is 150 cm³/mol. The molecule has 1 heterocycles. The maximum atomic E-state index is 13.7. The standard InChI is InChI=1S/C30H25O10P/c31-25-15-24(36-17-20-7-3-1-4-8-20)16-26-27(25)28(32)30(37-18-21-9-5-2-6-10-21)29(40-26)22-11-13-23(14-12-22)38-19-39-41(33,34)35/h1-16,31H,17-19H2,(H2,33,34,35). The number of benzene rings is 4. The maximum absolute atomic E-state index is 13.7. The Balaban J connectivity index is 1.50. The van der Waals surface area contributed by atoms with Gasteiger partial charge in [-0.15, -0.1) is 0 Å². The number of phenolic OH excluding ortho intramolecular Hbond substituents is 1. The normalized spacial score (nSPS) is 11.4. The Bertz CT molecular complexity index is 1730. The molecule has 1 aromatic heterocycles. The lowest BCUT2D eigenvalue weighted by Gasteiger charge is -2.14. The first kappa shape index (κ1) is 27.9. The lowest BCUT2D eigenvalue weighted by Crippen LogP contribution is -2.10. The number of hydrogen-bond donors (Lipinski definition) is 3. The Kier molecular flexibility index (Phi) is 8.37. The molecule has 0 radical (unpaired) electrons. The Morgan fingerprint density at radius 1 is 0.732 bits per heavy atom. The maximum Gasteiger partial charge on any atom is 0.472 e. The van der Waals surface area contributed by atoms with Crippen LogP contribution in [0, 0.1) is 0 Å². The molecule has 0 aliphatic rings. The van der Waals surface area contributed by atoms with E-state index in [1.165, 1.54) is 24.3 Å². The lowest BCUT2D eigenvalue weighted by molar-refractivity contribution is 0.0829. The molecular formula is C30H25O10P. The summed E-state index contributed by atoms with van der Waals surface area (Å²) in [6.07, 6.45) is 0. The fraction of sp³-hybridized carbons (Fsp3) is 0.100. The van der Waals surface area contributed by atoms with Crippen LogP contribution in [0.4, 0.5) is 0 Å². The van der Waals surface area contributed by atoms with Crippen LogP contribution in [0.2, 0.25) is 0 Å². The van der Waals surface area contributed by atoms with E-state index < -0.39 is 20.0 Å². The molecule has 5 aromatic rings. The van der Waals surface area contributed by atoms with E-state index in [9.17, 15) is 14.5 Å². The minimum Gasteiger partial charge on any atom is -0.507 e. The van der Waals surface area contributed by atoms with Crippen LogP contribution in [0.15, 0.2) is 106 Å². The molecule has 0 aliphatic carbocycles. The summed E-state index contributed by atoms with van der Waals surface area (Å²) in [5.74, 6) is 0.249. The molecule has 210 valence electrons. The summed E-state index contributed by atoms with van der Waals surface area (Å²) >= 11 is 0. The molecule has 41 heavy (non-hydrogen) atoms. The molecule has 0 aliphatic heterocycles. The number of rotatable bonds is 11. The highest BCUT2D eigenvalue weighted by molar-refractivity contribution is 7.46. The zero-order valence-corrected chi connectivity index (χ0v) is 22.4. The van der Waals surface area contributed by atoms with Gasteiger partial charge in [-0.1, -0.05) is 60.7 Å². The Labute approximate surface area is 234 Å². The molecular weight excluding hydrogens is 551 g/mol. The highest BCUT2D eigenvalue weighted by atomic mass is 31.2. The Morgan fingerprint density at radius 2 is 1.34 bits per heavy atom. The van der Waals surface area contributed by atoms with Crippen LogP contribution in [0.1, 0.15) is 11.1 Å². The molecule has 0 atom stereocenters. The van der Waals surface area contributed by atoms with Gasteiger partial charge in [0.1, 0.15) is 41.4 Å². The number of fused-ring (bicyclic) bond motifs is 1. The minimum absolute atomic E-state index is 0.0570. The molecule has 10 nitrogen and oxygen atoms in total. The van der Waals surface area contributed by atoms with Crippen LogP contribution >= 0.6 is 7.82 Å². The van der Waals surface area contributed by atoms with E-state index in [1.54, 1.807) is 12.1 Å². The zero-order chi connectivity index (χ0) is 28.8. The van der Waals surface area contributed by atoms with Gasteiger partial charge in [-0.3, -0.25) is 4.79 Å². The average Bonchev–Trinajstić information content (AvgIpc) is 2.96. The first-order valence-electron chi connectivity index (χ1n) is 12.4. The highest BCUT2D eigenvalue weighted by Crippen LogP contribution is 2.38. The first-order valence-corrected chi connectivity index (χ1v) is 13.9. The predicted octanol–water partition coefficient (Wildman–Crippen LogP) is 5.77. The number of hydrogen-bond acceptors (Lipinski definition) is 8. The summed E-state index contributed by atoms with van der Waals surface area (Å²) in [5, 5.41) is 10.7. The molecule has 11 heteroatoms. The summed E-state index contributed by atoms with van der Waals surface area (Å²) in [5.41, 5.74) is 1.72. The third-order valence-electron chi connectivity index (χ3n) is 5.94. The van der Waals surface area contributed by atoms with Crippen LogP contribution in [0.25, 0.3) is 22.3 Å². The second-order valence-electron chi connectivity index (χ2n) is 8.86. The fourth-order valence-electron chi connectivity index (χ4n) is 4.00. The number of ether oxygens (including phenoxy) is 3. The molecule has 0 saturated carbocycles. The van der Waals surface area contributed by atoms with Gasteiger partial charge in [0.05, 0.1) is 0 Å². The molecule has 4 aromatic carbocycles. The van der Waals surface area contributed by atoms with Gasteiger partial charge in [-0.25, -0.2) is 9.09 Å². The largest absolute Gasteiger partial charge is 0.507 e. The molecule has 5 rings (SSSR count). The Morgan fingerprint density at radius 3 is 1.95 bits per heavy atom. The lowest BCUT2D eigenvalue weighted by atomic mass is 10.1. The van der Waals surface area contributed by atoms with Gasteiger partial charge in [0.15, 0.2) is 12.6 Å². The minimum atomic E-state index is -4.68. The second kappa shape index (κ2) is 12.3. The summed E-state index contributed by atoms with van der Waals surface area (Å²) in [4.78, 5) is 31.3. The molecule has 3 N–H and O–H groups in total. The van der Waals surface area contributed by atoms with Gasteiger partial charge in [0.2, 0.25) is 11.2 Å². The molecule has 0 unspecified atom stereocenters. The van der Waals surface area contributed by atoms with E-state index in [2.05, 4.69) is 4.52 Å². The van der Waals surface area contributed by atoms with Crippen molar-refractivity contribution in [1.29, 1.82) is 0 Å². The number of phenols is 1. The van der Waals surface area contributed by atoms with Gasteiger partial charge >= 0.3 is 7.82 Å². The number of aromatic hydroxyl groups is 1. The van der Waals surface area contributed by atoms with Crippen molar-refractivity contribution in [3.05, 3.63) is 118 Å². The van der Waals surface area contributed by atoms with Gasteiger partial charge < -0.3 is 33.5 Å². The molecule has 0 bridgehead atoms. The smallest absolute Gasteiger partial charge is 0.472 e. The van der Waals surface area contributed by atoms with Crippen molar-refractivity contribution in [1.82, 2.24) is 0 Å². The van der Waals surface area contributed by atoms with Crippen molar-refractivity contribution in [2.24, 2.45) is 0 Å². The van der Waals surface area contributed by atoms with Crippen LogP contribution < -0.4 is 19.6 Å². The summed E-state index contributed by atoms with van der Waals surface area (Å²) in [6, 6.07) is 27.8. The fourth-order valence-corrected chi connectivity index (χ4v) is 4.19. The van der Waals surface area contributed by atoms with E-state index in [1.807, 2.05) is 60.7 Å². The van der Waals surface area contributed by atoms with Crippen molar-refractivity contribution < 1.29 is 42.6 Å². The second-order valence-corrected chi connectivity index (χ2v) is 10.1. The van der Waals surface area contributed by atoms with Crippen LogP contribution in [-0.2, 0) is 22.3 Å². The number of phosphoric acid groups is 1. The summed E-state index contributed by atoms with van der Waals surface area (Å²) < 4.78 is 38.3. The van der Waals surface area contributed by atoms with E-state index in [0.717, 1.165) is 11.1 Å². The summed E-state index contributed by atoms with van der Waals surface area (Å²) in [6.45, 7) is -0.344. The monoisotopic (exact) mass is 576 g/mol. The van der Waals surface area contributed by atoms with Crippen molar-refractivity contribution in [2.75, 3.05) is 6.79 Å². The first-order chi connectivity index (χ1) is 19.8. The average molecular weight is 576 g/mol. The van der Waals surface area contributed by atoms with Gasteiger partial charge in [-0.2, -0.15) is 0 Å². The quantitative estimate of drug-likeness (QED) is 0.131. The number of phosphoric ester groups is 1. The van der Waals surface area contributed by atoms with Crippen LogP contribution in [0.5, 0.6) is 23.0 Å². The third kappa shape index (κ3) is 7.13. The molecule has 0 spiro atoms.